The molecule has 1 amide bonds. The summed E-state index contributed by atoms with van der Waals surface area (Å²) < 4.78 is 0. The van der Waals surface area contributed by atoms with E-state index < -0.39 is 0 Å². The summed E-state index contributed by atoms with van der Waals surface area (Å²) in [7, 11) is 0. The van der Waals surface area contributed by atoms with Gasteiger partial charge in [-0.3, -0.25) is 14.9 Å². The molecule has 0 saturated carbocycles. The van der Waals surface area contributed by atoms with E-state index in [1.165, 1.54) is 0 Å². The number of piperidine rings is 1. The minimum atomic E-state index is 0.0482. The fourth-order valence-electron chi connectivity index (χ4n) is 3.13. The normalized spacial score (nSPS) is 18.3. The van der Waals surface area contributed by atoms with Gasteiger partial charge in [-0.05, 0) is 25.0 Å². The predicted molar refractivity (Wildman–Crippen MR) is 83.8 cm³/mol. The van der Waals surface area contributed by atoms with Crippen LogP contribution in [0.5, 0.6) is 0 Å². The number of amides is 1. The van der Waals surface area contributed by atoms with Crippen LogP contribution in [0.4, 0.5) is 0 Å². The second-order valence-corrected chi connectivity index (χ2v) is 5.69. The summed E-state index contributed by atoms with van der Waals surface area (Å²) in [5.41, 5.74) is 3.08. The minimum Gasteiger partial charge on any atom is -0.338 e. The lowest BCUT2D eigenvalue weighted by Crippen LogP contribution is -2.39. The van der Waals surface area contributed by atoms with E-state index in [1.807, 2.05) is 4.90 Å². The molecule has 23 heavy (non-hydrogen) atoms. The van der Waals surface area contributed by atoms with E-state index in [0.717, 1.165) is 30.6 Å². The molecule has 1 aliphatic rings. The molecule has 1 saturated heterocycles. The highest BCUT2D eigenvalue weighted by molar-refractivity contribution is 5.94. The molecule has 0 radical (unpaired) electrons. The standard InChI is InChI=1S/C16H16N6O/c23-16(11-3-5-17-6-4-11)22-9-1-2-12(10-22)13-14-15(21-20-13)19-8-7-18-14/h3-8,12H,1-2,9-10H2,(H,19,20,21)/t12-/m1/s1. The molecule has 1 N–H and O–H groups in total. The van der Waals surface area contributed by atoms with Gasteiger partial charge in [-0.15, -0.1) is 0 Å². The molecule has 0 aromatic carbocycles. The van der Waals surface area contributed by atoms with Gasteiger partial charge in [0.15, 0.2) is 5.65 Å². The van der Waals surface area contributed by atoms with Gasteiger partial charge in [0.05, 0.1) is 5.69 Å². The van der Waals surface area contributed by atoms with E-state index in [0.29, 0.717) is 17.8 Å². The average molecular weight is 308 g/mol. The second-order valence-electron chi connectivity index (χ2n) is 5.69. The summed E-state index contributed by atoms with van der Waals surface area (Å²) in [6, 6.07) is 3.51. The number of likely N-dealkylation sites (tertiary alicyclic amines) is 1. The predicted octanol–water partition coefficient (Wildman–Crippen LogP) is 1.77. The number of nitrogens with zero attached hydrogens (tertiary/aromatic N) is 5. The van der Waals surface area contributed by atoms with Gasteiger partial charge in [0.25, 0.3) is 5.91 Å². The zero-order chi connectivity index (χ0) is 15.6. The van der Waals surface area contributed by atoms with E-state index >= 15 is 0 Å². The Morgan fingerprint density at radius 1 is 1.17 bits per heavy atom. The van der Waals surface area contributed by atoms with Crippen molar-refractivity contribution in [3.8, 4) is 0 Å². The maximum atomic E-state index is 12.6. The minimum absolute atomic E-state index is 0.0482. The monoisotopic (exact) mass is 308 g/mol. The first kappa shape index (κ1) is 13.8. The van der Waals surface area contributed by atoms with Gasteiger partial charge in [-0.1, -0.05) is 0 Å². The highest BCUT2D eigenvalue weighted by atomic mass is 16.2. The number of aromatic amines is 1. The Labute approximate surface area is 132 Å². The van der Waals surface area contributed by atoms with Gasteiger partial charge < -0.3 is 4.90 Å². The van der Waals surface area contributed by atoms with Gasteiger partial charge in [-0.2, -0.15) is 5.10 Å². The molecule has 1 fully saturated rings. The summed E-state index contributed by atoms with van der Waals surface area (Å²) in [6.45, 7) is 1.43. The number of hydrogen-bond donors (Lipinski definition) is 1. The third-order valence-electron chi connectivity index (χ3n) is 4.26. The molecule has 0 bridgehead atoms. The number of hydrogen-bond acceptors (Lipinski definition) is 5. The topological polar surface area (TPSA) is 87.7 Å². The van der Waals surface area contributed by atoms with Crippen LogP contribution < -0.4 is 0 Å². The molecule has 4 rings (SSSR count). The smallest absolute Gasteiger partial charge is 0.253 e. The van der Waals surface area contributed by atoms with Gasteiger partial charge in [-0.25, -0.2) is 9.97 Å². The molecule has 3 aromatic rings. The van der Waals surface area contributed by atoms with E-state index in [2.05, 4.69) is 25.1 Å². The van der Waals surface area contributed by atoms with Crippen molar-refractivity contribution in [2.24, 2.45) is 0 Å². The fourth-order valence-corrected chi connectivity index (χ4v) is 3.13. The van der Waals surface area contributed by atoms with Crippen molar-refractivity contribution in [3.63, 3.8) is 0 Å². The van der Waals surface area contributed by atoms with E-state index in [9.17, 15) is 4.79 Å². The Morgan fingerprint density at radius 3 is 2.87 bits per heavy atom. The number of carbonyl (C=O) groups is 1. The van der Waals surface area contributed by atoms with Crippen LogP contribution in [0.1, 0.15) is 34.8 Å². The summed E-state index contributed by atoms with van der Waals surface area (Å²) in [4.78, 5) is 27.1. The molecule has 1 aliphatic heterocycles. The summed E-state index contributed by atoms with van der Waals surface area (Å²) in [5.74, 6) is 0.253. The Kier molecular flexibility index (Phi) is 3.45. The number of nitrogens with one attached hydrogen (secondary N) is 1. The number of H-pyrrole nitrogens is 1. The number of fused-ring (bicyclic) bond motifs is 1. The van der Waals surface area contributed by atoms with Crippen LogP contribution in [0.25, 0.3) is 11.2 Å². The van der Waals surface area contributed by atoms with Crippen LogP contribution in [0, 0.1) is 0 Å². The number of rotatable bonds is 2. The molecular formula is C16H16N6O. The van der Waals surface area contributed by atoms with Crippen LogP contribution in [-0.4, -0.2) is 49.0 Å². The molecule has 7 nitrogen and oxygen atoms in total. The van der Waals surface area contributed by atoms with Gasteiger partial charge in [0.2, 0.25) is 0 Å². The number of pyridine rings is 1. The van der Waals surface area contributed by atoms with Crippen molar-refractivity contribution in [3.05, 3.63) is 48.2 Å². The van der Waals surface area contributed by atoms with Gasteiger partial charge in [0.1, 0.15) is 5.52 Å². The lowest BCUT2D eigenvalue weighted by molar-refractivity contribution is 0.0706. The molecule has 0 aliphatic carbocycles. The second kappa shape index (κ2) is 5.75. The van der Waals surface area contributed by atoms with Crippen LogP contribution in [0.15, 0.2) is 36.9 Å². The van der Waals surface area contributed by atoms with E-state index in [4.69, 9.17) is 0 Å². The SMILES string of the molecule is O=C(c1ccncc1)N1CCC[C@@H](c2[nH]nc3nccnc23)C1. The Balaban J connectivity index is 1.59. The van der Waals surface area contributed by atoms with Crippen molar-refractivity contribution < 1.29 is 4.79 Å². The van der Waals surface area contributed by atoms with Crippen molar-refractivity contribution in [1.29, 1.82) is 0 Å². The molecule has 4 heterocycles. The third-order valence-corrected chi connectivity index (χ3v) is 4.26. The van der Waals surface area contributed by atoms with Crippen LogP contribution in [0.2, 0.25) is 0 Å². The zero-order valence-electron chi connectivity index (χ0n) is 12.5. The third kappa shape index (κ3) is 2.54. The molecule has 0 unspecified atom stereocenters. The Morgan fingerprint density at radius 2 is 2.00 bits per heavy atom. The average Bonchev–Trinajstić information content (AvgIpc) is 3.06. The molecule has 116 valence electrons. The summed E-state index contributed by atoms with van der Waals surface area (Å²) >= 11 is 0. The Bertz CT molecular complexity index is 831. The van der Waals surface area contributed by atoms with Crippen molar-refractivity contribution in [2.75, 3.05) is 13.1 Å². The van der Waals surface area contributed by atoms with Crippen LogP contribution >= 0.6 is 0 Å². The van der Waals surface area contributed by atoms with Gasteiger partial charge in [0, 0.05) is 49.4 Å². The first-order valence-corrected chi connectivity index (χ1v) is 7.67. The first-order chi connectivity index (χ1) is 11.3. The summed E-state index contributed by atoms with van der Waals surface area (Å²) in [5, 5.41) is 7.27. The number of carbonyl (C=O) groups excluding carboxylic acids is 1. The lowest BCUT2D eigenvalue weighted by Gasteiger charge is -2.32. The maximum absolute atomic E-state index is 12.6. The van der Waals surface area contributed by atoms with Gasteiger partial charge >= 0.3 is 0 Å². The maximum Gasteiger partial charge on any atom is 0.253 e. The van der Waals surface area contributed by atoms with Crippen molar-refractivity contribution in [1.82, 2.24) is 30.0 Å². The van der Waals surface area contributed by atoms with Crippen LogP contribution in [-0.2, 0) is 0 Å². The molecule has 1 atom stereocenters. The molecule has 7 heteroatoms. The van der Waals surface area contributed by atoms with Crippen LogP contribution in [0.3, 0.4) is 0 Å². The fraction of sp³-hybridized carbons (Fsp3) is 0.312. The largest absolute Gasteiger partial charge is 0.338 e. The van der Waals surface area contributed by atoms with Crippen molar-refractivity contribution >= 4 is 17.1 Å². The van der Waals surface area contributed by atoms with E-state index in [-0.39, 0.29) is 11.8 Å². The molecule has 0 spiro atoms. The molecule has 3 aromatic heterocycles. The quantitative estimate of drug-likeness (QED) is 0.779. The molecular weight excluding hydrogens is 292 g/mol. The first-order valence-electron chi connectivity index (χ1n) is 7.67. The lowest BCUT2D eigenvalue weighted by atomic mass is 9.94. The number of aromatic nitrogens is 5. The van der Waals surface area contributed by atoms with E-state index in [1.54, 1.807) is 36.9 Å². The zero-order valence-corrected chi connectivity index (χ0v) is 12.5. The van der Waals surface area contributed by atoms with Crippen molar-refractivity contribution in [2.45, 2.75) is 18.8 Å². The Hall–Kier alpha value is -2.83. The highest BCUT2D eigenvalue weighted by Crippen LogP contribution is 2.29. The summed E-state index contributed by atoms with van der Waals surface area (Å²) in [6.07, 6.45) is 8.56. The highest BCUT2D eigenvalue weighted by Gasteiger charge is 2.28.